The molecular weight excluding hydrogens is 298 g/mol. The molecule has 1 unspecified atom stereocenters. The summed E-state index contributed by atoms with van der Waals surface area (Å²) >= 11 is 0. The maximum atomic E-state index is 12.1. The number of methoxy groups -OCH3 is 1. The lowest BCUT2D eigenvalue weighted by Crippen LogP contribution is -2.42. The Kier molecular flexibility index (Phi) is 6.49. The molecule has 2 N–H and O–H groups in total. The van der Waals surface area contributed by atoms with E-state index in [1.54, 1.807) is 19.4 Å². The van der Waals surface area contributed by atoms with Gasteiger partial charge in [-0.1, -0.05) is 0 Å². The summed E-state index contributed by atoms with van der Waals surface area (Å²) in [6.07, 6.45) is 3.40. The predicted molar refractivity (Wildman–Crippen MR) is 84.9 cm³/mol. The fourth-order valence-electron chi connectivity index (χ4n) is 2.52. The van der Waals surface area contributed by atoms with Crippen molar-refractivity contribution in [3.05, 3.63) is 23.9 Å². The number of likely N-dealkylation sites (tertiary alicyclic amines) is 1. The molecule has 2 heterocycles. The van der Waals surface area contributed by atoms with Crippen LogP contribution in [0.3, 0.4) is 0 Å². The Bertz CT molecular complexity index is 550. The third-order valence-electron chi connectivity index (χ3n) is 3.77. The summed E-state index contributed by atoms with van der Waals surface area (Å²) in [5, 5.41) is 12.4. The molecule has 7 heteroatoms. The van der Waals surface area contributed by atoms with Crippen LogP contribution in [-0.2, 0) is 20.7 Å². The van der Waals surface area contributed by atoms with Gasteiger partial charge in [0.1, 0.15) is 11.9 Å². The first-order valence-electron chi connectivity index (χ1n) is 7.80. The number of pyridine rings is 1. The molecular formula is C16H23N3O4. The number of amides is 2. The Balaban J connectivity index is 1.92. The number of aromatic nitrogens is 1. The molecule has 0 aliphatic carbocycles. The number of rotatable bonds is 6. The number of carbonyl (C=O) groups excluding carboxylic acids is 2. The SMILES string of the molecule is COCCc1ccnc(NC(=O)CN2CCCCC(O)C2=O)c1. The van der Waals surface area contributed by atoms with E-state index in [-0.39, 0.29) is 18.4 Å². The maximum Gasteiger partial charge on any atom is 0.251 e. The molecule has 2 rings (SSSR count). The molecule has 23 heavy (non-hydrogen) atoms. The Morgan fingerprint density at radius 3 is 3.13 bits per heavy atom. The highest BCUT2D eigenvalue weighted by atomic mass is 16.5. The topological polar surface area (TPSA) is 91.8 Å². The number of aliphatic hydroxyl groups excluding tert-OH is 1. The van der Waals surface area contributed by atoms with E-state index in [0.29, 0.717) is 25.4 Å². The van der Waals surface area contributed by atoms with E-state index in [9.17, 15) is 14.7 Å². The minimum atomic E-state index is -0.999. The summed E-state index contributed by atoms with van der Waals surface area (Å²) in [4.78, 5) is 29.6. The van der Waals surface area contributed by atoms with Gasteiger partial charge in [-0.05, 0) is 43.4 Å². The van der Waals surface area contributed by atoms with Gasteiger partial charge in [0, 0.05) is 19.9 Å². The Labute approximate surface area is 135 Å². The summed E-state index contributed by atoms with van der Waals surface area (Å²) in [5.74, 6) is -0.241. The number of hydrogen-bond donors (Lipinski definition) is 2. The van der Waals surface area contributed by atoms with Crippen molar-refractivity contribution < 1.29 is 19.4 Å². The molecule has 1 aliphatic heterocycles. The smallest absolute Gasteiger partial charge is 0.251 e. The lowest BCUT2D eigenvalue weighted by molar-refractivity contribution is -0.141. The van der Waals surface area contributed by atoms with Crippen LogP contribution >= 0.6 is 0 Å². The van der Waals surface area contributed by atoms with Crippen molar-refractivity contribution in [2.45, 2.75) is 31.8 Å². The molecule has 0 radical (unpaired) electrons. The number of aliphatic hydroxyl groups is 1. The highest BCUT2D eigenvalue weighted by Gasteiger charge is 2.26. The molecule has 1 aromatic heterocycles. The summed E-state index contributed by atoms with van der Waals surface area (Å²) < 4.78 is 5.03. The molecule has 1 aliphatic rings. The lowest BCUT2D eigenvalue weighted by Gasteiger charge is -2.21. The van der Waals surface area contributed by atoms with Gasteiger partial charge in [0.2, 0.25) is 5.91 Å². The minimum absolute atomic E-state index is 0.0696. The molecule has 0 spiro atoms. The fourth-order valence-corrected chi connectivity index (χ4v) is 2.52. The van der Waals surface area contributed by atoms with Crippen molar-refractivity contribution in [2.75, 3.05) is 32.1 Å². The normalized spacial score (nSPS) is 18.6. The predicted octanol–water partition coefficient (Wildman–Crippen LogP) is 0.582. The van der Waals surface area contributed by atoms with Crippen LogP contribution in [0, 0.1) is 0 Å². The van der Waals surface area contributed by atoms with Gasteiger partial charge in [-0.25, -0.2) is 4.98 Å². The lowest BCUT2D eigenvalue weighted by atomic mass is 10.2. The van der Waals surface area contributed by atoms with Gasteiger partial charge in [-0.2, -0.15) is 0 Å². The molecule has 1 aromatic rings. The van der Waals surface area contributed by atoms with E-state index < -0.39 is 6.10 Å². The van der Waals surface area contributed by atoms with Gasteiger partial charge < -0.3 is 20.1 Å². The van der Waals surface area contributed by atoms with Gasteiger partial charge in [-0.15, -0.1) is 0 Å². The molecule has 1 saturated heterocycles. The van der Waals surface area contributed by atoms with Crippen molar-refractivity contribution in [3.8, 4) is 0 Å². The Morgan fingerprint density at radius 2 is 2.35 bits per heavy atom. The number of hydrogen-bond acceptors (Lipinski definition) is 5. The van der Waals surface area contributed by atoms with E-state index >= 15 is 0 Å². The average molecular weight is 321 g/mol. The van der Waals surface area contributed by atoms with Crippen LogP contribution in [-0.4, -0.2) is 59.7 Å². The first-order valence-corrected chi connectivity index (χ1v) is 7.80. The minimum Gasteiger partial charge on any atom is -0.384 e. The standard InChI is InChI=1S/C16H23N3O4/c1-23-9-6-12-5-7-17-14(10-12)18-15(21)11-19-8-3-2-4-13(20)16(19)22/h5,7,10,13,20H,2-4,6,8-9,11H2,1H3,(H,17,18,21). The Morgan fingerprint density at radius 1 is 1.52 bits per heavy atom. The summed E-state index contributed by atoms with van der Waals surface area (Å²) in [7, 11) is 1.64. The van der Waals surface area contributed by atoms with E-state index in [0.717, 1.165) is 24.8 Å². The van der Waals surface area contributed by atoms with Gasteiger partial charge in [0.05, 0.1) is 13.2 Å². The number of ether oxygens (including phenoxy) is 1. The summed E-state index contributed by atoms with van der Waals surface area (Å²) in [5.41, 5.74) is 1.01. The second kappa shape index (κ2) is 8.59. The van der Waals surface area contributed by atoms with Crippen LogP contribution in [0.1, 0.15) is 24.8 Å². The molecule has 2 amide bonds. The third kappa shape index (κ3) is 5.30. The van der Waals surface area contributed by atoms with Crippen LogP contribution in [0.2, 0.25) is 0 Å². The van der Waals surface area contributed by atoms with Crippen molar-refractivity contribution >= 4 is 17.6 Å². The molecule has 7 nitrogen and oxygen atoms in total. The maximum absolute atomic E-state index is 12.1. The van der Waals surface area contributed by atoms with Crippen LogP contribution in [0.4, 0.5) is 5.82 Å². The highest BCUT2D eigenvalue weighted by Crippen LogP contribution is 2.12. The number of nitrogens with zero attached hydrogens (tertiary/aromatic N) is 2. The number of nitrogens with one attached hydrogen (secondary N) is 1. The van der Waals surface area contributed by atoms with Gasteiger partial charge >= 0.3 is 0 Å². The molecule has 0 saturated carbocycles. The van der Waals surface area contributed by atoms with Gasteiger partial charge in [0.25, 0.3) is 5.91 Å². The Hall–Kier alpha value is -1.99. The first kappa shape index (κ1) is 17.4. The molecule has 0 bridgehead atoms. The van der Waals surface area contributed by atoms with E-state index in [1.807, 2.05) is 6.07 Å². The van der Waals surface area contributed by atoms with E-state index in [1.165, 1.54) is 4.90 Å². The zero-order valence-corrected chi connectivity index (χ0v) is 13.3. The van der Waals surface area contributed by atoms with Crippen LogP contribution in [0.15, 0.2) is 18.3 Å². The number of anilines is 1. The van der Waals surface area contributed by atoms with Crippen molar-refractivity contribution in [3.63, 3.8) is 0 Å². The number of carbonyl (C=O) groups is 2. The summed E-state index contributed by atoms with van der Waals surface area (Å²) in [6.45, 7) is 1.02. The van der Waals surface area contributed by atoms with E-state index in [4.69, 9.17) is 4.74 Å². The van der Waals surface area contributed by atoms with Crippen molar-refractivity contribution in [1.82, 2.24) is 9.88 Å². The molecule has 1 atom stereocenters. The largest absolute Gasteiger partial charge is 0.384 e. The van der Waals surface area contributed by atoms with Crippen LogP contribution in [0.25, 0.3) is 0 Å². The fraction of sp³-hybridized carbons (Fsp3) is 0.562. The van der Waals surface area contributed by atoms with Gasteiger partial charge in [-0.3, -0.25) is 9.59 Å². The van der Waals surface area contributed by atoms with Gasteiger partial charge in [0.15, 0.2) is 0 Å². The zero-order chi connectivity index (χ0) is 16.7. The van der Waals surface area contributed by atoms with Crippen LogP contribution < -0.4 is 5.32 Å². The monoisotopic (exact) mass is 321 g/mol. The highest BCUT2D eigenvalue weighted by molar-refractivity contribution is 5.94. The summed E-state index contributed by atoms with van der Waals surface area (Å²) in [6, 6.07) is 3.65. The second-order valence-corrected chi connectivity index (χ2v) is 5.61. The average Bonchev–Trinajstić information content (AvgIpc) is 2.69. The van der Waals surface area contributed by atoms with Crippen molar-refractivity contribution in [2.24, 2.45) is 0 Å². The second-order valence-electron chi connectivity index (χ2n) is 5.61. The third-order valence-corrected chi connectivity index (χ3v) is 3.77. The molecule has 1 fully saturated rings. The van der Waals surface area contributed by atoms with E-state index in [2.05, 4.69) is 10.3 Å². The van der Waals surface area contributed by atoms with Crippen molar-refractivity contribution in [1.29, 1.82) is 0 Å². The molecule has 0 aromatic carbocycles. The molecule has 126 valence electrons. The quantitative estimate of drug-likeness (QED) is 0.800. The first-order chi connectivity index (χ1) is 11.1. The zero-order valence-electron chi connectivity index (χ0n) is 13.3. The van der Waals surface area contributed by atoms with Crippen LogP contribution in [0.5, 0.6) is 0 Å².